The Morgan fingerprint density at radius 3 is 2.64 bits per heavy atom. The fourth-order valence-corrected chi connectivity index (χ4v) is 2.99. The number of nitrogens with one attached hydrogen (secondary N) is 2. The maximum absolute atomic E-state index is 5.81. The molecule has 0 aromatic heterocycles. The number of benzene rings is 1. The Bertz CT molecular complexity index is 534. The van der Waals surface area contributed by atoms with Crippen molar-refractivity contribution in [3.8, 4) is 5.75 Å². The number of ether oxygens (including phenoxy) is 3. The fourth-order valence-electron chi connectivity index (χ4n) is 2.99. The first-order valence-electron chi connectivity index (χ1n) is 10.2. The van der Waals surface area contributed by atoms with Crippen molar-refractivity contribution in [3.05, 3.63) is 29.8 Å². The van der Waals surface area contributed by atoms with Crippen molar-refractivity contribution in [2.75, 3.05) is 40.0 Å². The zero-order chi connectivity index (χ0) is 19.2. The molecule has 0 bridgehead atoms. The number of hydrogen-bond donors (Lipinski definition) is 2. The van der Waals surface area contributed by atoms with Crippen LogP contribution in [0.3, 0.4) is 0 Å². The molecule has 160 valence electrons. The zero-order valence-electron chi connectivity index (χ0n) is 17.2. The first-order valence-corrected chi connectivity index (χ1v) is 10.2. The molecule has 1 atom stereocenters. The molecule has 0 spiro atoms. The van der Waals surface area contributed by atoms with Gasteiger partial charge in [-0.15, -0.1) is 24.0 Å². The highest BCUT2D eigenvalue weighted by Gasteiger charge is 2.13. The zero-order valence-corrected chi connectivity index (χ0v) is 19.6. The number of rotatable bonds is 11. The van der Waals surface area contributed by atoms with Gasteiger partial charge >= 0.3 is 0 Å². The Hall–Kier alpha value is -1.06. The first kappa shape index (κ1) is 25.0. The van der Waals surface area contributed by atoms with Gasteiger partial charge in [0.1, 0.15) is 5.75 Å². The summed E-state index contributed by atoms with van der Waals surface area (Å²) in [6.45, 7) is 6.79. The molecule has 1 saturated heterocycles. The normalized spacial score (nSPS) is 16.9. The molecule has 2 rings (SSSR count). The summed E-state index contributed by atoms with van der Waals surface area (Å²) < 4.78 is 16.4. The molecular weight excluding hydrogens is 469 g/mol. The second kappa shape index (κ2) is 15.8. The van der Waals surface area contributed by atoms with Crippen LogP contribution in [-0.4, -0.2) is 52.1 Å². The third kappa shape index (κ3) is 10.5. The molecule has 0 amide bonds. The third-order valence-corrected chi connectivity index (χ3v) is 4.57. The van der Waals surface area contributed by atoms with E-state index in [9.17, 15) is 0 Å². The SMILES string of the molecule is CCOCCCNC(=NCc1ccc(OC)cc1)NCCC1CCCCO1.I. The average Bonchev–Trinajstić information content (AvgIpc) is 2.72. The van der Waals surface area contributed by atoms with Gasteiger partial charge in [0.05, 0.1) is 19.8 Å². The molecule has 0 saturated carbocycles. The van der Waals surface area contributed by atoms with Gasteiger partial charge in [0.2, 0.25) is 0 Å². The van der Waals surface area contributed by atoms with Crippen molar-refractivity contribution in [3.63, 3.8) is 0 Å². The number of hydrogen-bond acceptors (Lipinski definition) is 4. The van der Waals surface area contributed by atoms with Gasteiger partial charge in [0, 0.05) is 32.9 Å². The van der Waals surface area contributed by atoms with E-state index in [1.165, 1.54) is 19.3 Å². The third-order valence-electron chi connectivity index (χ3n) is 4.57. The molecule has 28 heavy (non-hydrogen) atoms. The van der Waals surface area contributed by atoms with E-state index in [0.717, 1.165) is 63.0 Å². The molecule has 1 heterocycles. The summed E-state index contributed by atoms with van der Waals surface area (Å²) in [4.78, 5) is 4.72. The summed E-state index contributed by atoms with van der Waals surface area (Å²) in [7, 11) is 1.68. The van der Waals surface area contributed by atoms with E-state index in [1.54, 1.807) is 7.11 Å². The van der Waals surface area contributed by atoms with Crippen LogP contribution in [0, 0.1) is 0 Å². The van der Waals surface area contributed by atoms with E-state index in [2.05, 4.69) is 10.6 Å². The lowest BCUT2D eigenvalue weighted by Crippen LogP contribution is -2.39. The van der Waals surface area contributed by atoms with Crippen LogP contribution in [-0.2, 0) is 16.0 Å². The smallest absolute Gasteiger partial charge is 0.191 e. The van der Waals surface area contributed by atoms with E-state index in [-0.39, 0.29) is 24.0 Å². The molecule has 1 aromatic carbocycles. The summed E-state index contributed by atoms with van der Waals surface area (Å²) >= 11 is 0. The summed E-state index contributed by atoms with van der Waals surface area (Å²) in [5.41, 5.74) is 1.15. The topological polar surface area (TPSA) is 64.1 Å². The Kier molecular flexibility index (Phi) is 14.1. The lowest BCUT2D eigenvalue weighted by Gasteiger charge is -2.23. The molecular formula is C21H36IN3O3. The van der Waals surface area contributed by atoms with Crippen LogP contribution in [0.15, 0.2) is 29.3 Å². The molecule has 1 aliphatic heterocycles. The van der Waals surface area contributed by atoms with Gasteiger partial charge in [-0.1, -0.05) is 12.1 Å². The van der Waals surface area contributed by atoms with E-state index in [1.807, 2.05) is 31.2 Å². The Morgan fingerprint density at radius 2 is 1.96 bits per heavy atom. The van der Waals surface area contributed by atoms with Crippen molar-refractivity contribution >= 4 is 29.9 Å². The monoisotopic (exact) mass is 505 g/mol. The molecule has 0 aliphatic carbocycles. The van der Waals surface area contributed by atoms with Gasteiger partial charge < -0.3 is 24.8 Å². The molecule has 1 aromatic rings. The maximum atomic E-state index is 5.81. The molecule has 1 fully saturated rings. The van der Waals surface area contributed by atoms with Crippen LogP contribution >= 0.6 is 24.0 Å². The van der Waals surface area contributed by atoms with Crippen LogP contribution in [0.25, 0.3) is 0 Å². The number of aliphatic imine (C=N–C) groups is 1. The van der Waals surface area contributed by atoms with Crippen LogP contribution in [0.4, 0.5) is 0 Å². The molecule has 1 unspecified atom stereocenters. The Morgan fingerprint density at radius 1 is 1.18 bits per heavy atom. The number of guanidine groups is 1. The van der Waals surface area contributed by atoms with E-state index in [0.29, 0.717) is 12.6 Å². The van der Waals surface area contributed by atoms with Crippen LogP contribution in [0.1, 0.15) is 44.6 Å². The predicted molar refractivity (Wildman–Crippen MR) is 125 cm³/mol. The summed E-state index contributed by atoms with van der Waals surface area (Å²) in [5.74, 6) is 1.71. The van der Waals surface area contributed by atoms with E-state index in [4.69, 9.17) is 19.2 Å². The minimum Gasteiger partial charge on any atom is -0.497 e. The Balaban J connectivity index is 0.00000392. The van der Waals surface area contributed by atoms with Gasteiger partial charge in [0.15, 0.2) is 5.96 Å². The van der Waals surface area contributed by atoms with Crippen LogP contribution in [0.2, 0.25) is 0 Å². The molecule has 0 radical (unpaired) electrons. The van der Waals surface area contributed by atoms with Crippen molar-refractivity contribution in [1.82, 2.24) is 10.6 Å². The summed E-state index contributed by atoms with van der Waals surface area (Å²) in [6, 6.07) is 8.03. The maximum Gasteiger partial charge on any atom is 0.191 e. The summed E-state index contributed by atoms with van der Waals surface area (Å²) in [5, 5.41) is 6.85. The van der Waals surface area contributed by atoms with Crippen molar-refractivity contribution in [2.24, 2.45) is 4.99 Å². The lowest BCUT2D eigenvalue weighted by molar-refractivity contribution is 0.0122. The van der Waals surface area contributed by atoms with Gasteiger partial charge in [-0.2, -0.15) is 0 Å². The number of methoxy groups -OCH3 is 1. The Labute approximate surface area is 186 Å². The lowest BCUT2D eigenvalue weighted by atomic mass is 10.1. The molecule has 7 heteroatoms. The van der Waals surface area contributed by atoms with Gasteiger partial charge in [0.25, 0.3) is 0 Å². The average molecular weight is 505 g/mol. The van der Waals surface area contributed by atoms with Gasteiger partial charge in [-0.3, -0.25) is 0 Å². The van der Waals surface area contributed by atoms with Crippen LogP contribution in [0.5, 0.6) is 5.75 Å². The number of nitrogens with zero attached hydrogens (tertiary/aromatic N) is 1. The van der Waals surface area contributed by atoms with Gasteiger partial charge in [-0.25, -0.2) is 4.99 Å². The number of halogens is 1. The largest absolute Gasteiger partial charge is 0.497 e. The predicted octanol–water partition coefficient (Wildman–Crippen LogP) is 3.73. The van der Waals surface area contributed by atoms with Crippen molar-refractivity contribution in [2.45, 2.75) is 51.7 Å². The summed E-state index contributed by atoms with van der Waals surface area (Å²) in [6.07, 6.45) is 6.00. The molecule has 2 N–H and O–H groups in total. The second-order valence-electron chi connectivity index (χ2n) is 6.69. The second-order valence-corrected chi connectivity index (χ2v) is 6.69. The highest BCUT2D eigenvalue weighted by Crippen LogP contribution is 2.15. The minimum absolute atomic E-state index is 0. The van der Waals surface area contributed by atoms with Crippen molar-refractivity contribution in [1.29, 1.82) is 0 Å². The highest BCUT2D eigenvalue weighted by atomic mass is 127. The molecule has 1 aliphatic rings. The fraction of sp³-hybridized carbons (Fsp3) is 0.667. The van der Waals surface area contributed by atoms with Gasteiger partial charge in [-0.05, 0) is 56.7 Å². The minimum atomic E-state index is 0. The van der Waals surface area contributed by atoms with E-state index < -0.39 is 0 Å². The van der Waals surface area contributed by atoms with E-state index >= 15 is 0 Å². The standard InChI is InChI=1S/C21H35N3O3.HI/c1-3-26-15-6-13-22-21(23-14-12-20-7-4-5-16-27-20)24-17-18-8-10-19(25-2)11-9-18;/h8-11,20H,3-7,12-17H2,1-2H3,(H2,22,23,24);1H. The van der Waals surface area contributed by atoms with Crippen LogP contribution < -0.4 is 15.4 Å². The highest BCUT2D eigenvalue weighted by molar-refractivity contribution is 14.0. The molecule has 6 nitrogen and oxygen atoms in total. The van der Waals surface area contributed by atoms with Crippen molar-refractivity contribution < 1.29 is 14.2 Å². The quantitative estimate of drug-likeness (QED) is 0.208. The first-order chi connectivity index (χ1) is 13.3.